The monoisotopic (exact) mass is 314 g/mol. The van der Waals surface area contributed by atoms with Crippen LogP contribution in [0.4, 0.5) is 0 Å². The third kappa shape index (κ3) is 4.74. The lowest BCUT2D eigenvalue weighted by Gasteiger charge is -2.17. The molecule has 4 heteroatoms. The Morgan fingerprint density at radius 2 is 1.83 bits per heavy atom. The molecule has 0 saturated heterocycles. The van der Waals surface area contributed by atoms with Crippen molar-refractivity contribution < 1.29 is 19.7 Å². The minimum absolute atomic E-state index is 0.0758. The minimum Gasteiger partial charge on any atom is -0.508 e. The predicted octanol–water partition coefficient (Wildman–Crippen LogP) is 4.18. The molecule has 0 bridgehead atoms. The number of carbonyl (C=O) groups is 1. The normalized spacial score (nSPS) is 11.9. The number of hydrogen-bond donors (Lipinski definition) is 2. The van der Waals surface area contributed by atoms with E-state index >= 15 is 0 Å². The predicted molar refractivity (Wildman–Crippen MR) is 89.0 cm³/mol. The van der Waals surface area contributed by atoms with E-state index in [9.17, 15) is 15.0 Å². The lowest BCUT2D eigenvalue weighted by Crippen LogP contribution is -2.08. The van der Waals surface area contributed by atoms with Gasteiger partial charge in [-0.3, -0.25) is 4.79 Å². The highest BCUT2D eigenvalue weighted by molar-refractivity contribution is 5.69. The van der Waals surface area contributed by atoms with Gasteiger partial charge >= 0.3 is 5.97 Å². The van der Waals surface area contributed by atoms with Crippen molar-refractivity contribution in [1.82, 2.24) is 0 Å². The van der Waals surface area contributed by atoms with Crippen LogP contribution in [0.15, 0.2) is 48.5 Å². The Balaban J connectivity index is 2.22. The fourth-order valence-corrected chi connectivity index (χ4v) is 2.49. The number of carboxylic acids is 1. The average Bonchev–Trinajstić information content (AvgIpc) is 2.54. The van der Waals surface area contributed by atoms with Crippen LogP contribution in [0.3, 0.4) is 0 Å². The number of ether oxygens (including phenoxy) is 1. The second kappa shape index (κ2) is 8.22. The summed E-state index contributed by atoms with van der Waals surface area (Å²) in [5.74, 6) is -0.407. The Morgan fingerprint density at radius 3 is 2.43 bits per heavy atom. The van der Waals surface area contributed by atoms with Gasteiger partial charge in [-0.15, -0.1) is 0 Å². The average molecular weight is 314 g/mol. The van der Waals surface area contributed by atoms with E-state index in [1.165, 1.54) is 0 Å². The van der Waals surface area contributed by atoms with Gasteiger partial charge in [-0.25, -0.2) is 0 Å². The highest BCUT2D eigenvalue weighted by Gasteiger charge is 2.20. The van der Waals surface area contributed by atoms with Crippen molar-refractivity contribution in [1.29, 1.82) is 0 Å². The molecular weight excluding hydrogens is 292 g/mol. The zero-order valence-corrected chi connectivity index (χ0v) is 13.2. The molecule has 0 amide bonds. The molecule has 4 nitrogen and oxygen atoms in total. The Morgan fingerprint density at radius 1 is 1.13 bits per heavy atom. The van der Waals surface area contributed by atoms with E-state index in [1.807, 2.05) is 24.3 Å². The summed E-state index contributed by atoms with van der Waals surface area (Å²) in [5.41, 5.74) is 1.46. The van der Waals surface area contributed by atoms with Crippen LogP contribution in [-0.2, 0) is 4.79 Å². The van der Waals surface area contributed by atoms with E-state index in [0.717, 1.165) is 24.2 Å². The van der Waals surface area contributed by atoms with Crippen molar-refractivity contribution in [2.24, 2.45) is 0 Å². The first-order chi connectivity index (χ1) is 11.1. The standard InChI is InChI=1S/C19H22O4/c1-2-3-12-23-15-10-8-14(9-11-15)17(13-19(21)22)16-6-4-5-7-18(16)20/h4-11,17,20H,2-3,12-13H2,1H3,(H,21,22)/t17-/m1/s1. The van der Waals surface area contributed by atoms with Crippen molar-refractivity contribution in [3.63, 3.8) is 0 Å². The molecule has 0 aliphatic heterocycles. The molecule has 0 aliphatic carbocycles. The van der Waals surface area contributed by atoms with Crippen molar-refractivity contribution in [3.05, 3.63) is 59.7 Å². The van der Waals surface area contributed by atoms with Gasteiger partial charge in [0.2, 0.25) is 0 Å². The third-order valence-electron chi connectivity index (χ3n) is 3.74. The van der Waals surface area contributed by atoms with Crippen LogP contribution in [-0.4, -0.2) is 22.8 Å². The largest absolute Gasteiger partial charge is 0.508 e. The summed E-state index contributed by atoms with van der Waals surface area (Å²) in [4.78, 5) is 11.2. The highest BCUT2D eigenvalue weighted by atomic mass is 16.5. The van der Waals surface area contributed by atoms with E-state index in [2.05, 4.69) is 6.92 Å². The topological polar surface area (TPSA) is 66.8 Å². The molecule has 2 rings (SSSR count). The molecule has 0 radical (unpaired) electrons. The second-order valence-corrected chi connectivity index (χ2v) is 5.48. The van der Waals surface area contributed by atoms with Crippen LogP contribution in [0.5, 0.6) is 11.5 Å². The summed E-state index contributed by atoms with van der Waals surface area (Å²) >= 11 is 0. The van der Waals surface area contributed by atoms with Gasteiger partial charge in [0.25, 0.3) is 0 Å². The van der Waals surface area contributed by atoms with E-state index in [-0.39, 0.29) is 12.2 Å². The maximum atomic E-state index is 11.2. The summed E-state index contributed by atoms with van der Waals surface area (Å²) in [6.07, 6.45) is 2.00. The summed E-state index contributed by atoms with van der Waals surface area (Å²) < 4.78 is 5.63. The molecule has 0 aliphatic rings. The summed E-state index contributed by atoms with van der Waals surface area (Å²) in [5, 5.41) is 19.2. The fraction of sp³-hybridized carbons (Fsp3) is 0.316. The number of phenols is 1. The maximum Gasteiger partial charge on any atom is 0.304 e. The number of carboxylic acid groups (broad SMARTS) is 1. The van der Waals surface area contributed by atoms with Crippen LogP contribution in [0.1, 0.15) is 43.2 Å². The number of aliphatic carboxylic acids is 1. The molecular formula is C19H22O4. The Kier molecular flexibility index (Phi) is 6.03. The molecule has 2 aromatic carbocycles. The summed E-state index contributed by atoms with van der Waals surface area (Å²) in [7, 11) is 0. The number of phenolic OH excluding ortho intramolecular Hbond substituents is 1. The summed E-state index contributed by atoms with van der Waals surface area (Å²) in [6, 6.07) is 14.3. The fourth-order valence-electron chi connectivity index (χ4n) is 2.49. The summed E-state index contributed by atoms with van der Waals surface area (Å²) in [6.45, 7) is 2.78. The van der Waals surface area contributed by atoms with E-state index in [1.54, 1.807) is 24.3 Å². The zero-order chi connectivity index (χ0) is 16.7. The van der Waals surface area contributed by atoms with Crippen LogP contribution in [0, 0.1) is 0 Å². The number of unbranched alkanes of at least 4 members (excludes halogenated alkanes) is 1. The van der Waals surface area contributed by atoms with Gasteiger partial charge in [-0.1, -0.05) is 43.7 Å². The highest BCUT2D eigenvalue weighted by Crippen LogP contribution is 2.34. The second-order valence-electron chi connectivity index (χ2n) is 5.48. The maximum absolute atomic E-state index is 11.2. The molecule has 0 aromatic heterocycles. The van der Waals surface area contributed by atoms with Gasteiger partial charge in [0.05, 0.1) is 13.0 Å². The Labute approximate surface area is 136 Å². The smallest absolute Gasteiger partial charge is 0.304 e. The molecule has 122 valence electrons. The number of rotatable bonds is 8. The number of benzene rings is 2. The van der Waals surface area contributed by atoms with E-state index < -0.39 is 11.9 Å². The van der Waals surface area contributed by atoms with Gasteiger partial charge in [-0.05, 0) is 30.2 Å². The van der Waals surface area contributed by atoms with Crippen LogP contribution >= 0.6 is 0 Å². The van der Waals surface area contributed by atoms with Gasteiger partial charge in [0.15, 0.2) is 0 Å². The molecule has 2 N–H and O–H groups in total. The van der Waals surface area contributed by atoms with Gasteiger partial charge < -0.3 is 14.9 Å². The molecule has 1 atom stereocenters. The molecule has 0 saturated carbocycles. The lowest BCUT2D eigenvalue weighted by molar-refractivity contribution is -0.137. The van der Waals surface area contributed by atoms with Crippen molar-refractivity contribution in [2.75, 3.05) is 6.61 Å². The van der Waals surface area contributed by atoms with E-state index in [4.69, 9.17) is 4.74 Å². The van der Waals surface area contributed by atoms with Gasteiger partial charge in [0.1, 0.15) is 11.5 Å². The number of hydrogen-bond acceptors (Lipinski definition) is 3. The number of para-hydroxylation sites is 1. The molecule has 0 spiro atoms. The third-order valence-corrected chi connectivity index (χ3v) is 3.74. The molecule has 0 heterocycles. The quantitative estimate of drug-likeness (QED) is 0.717. The van der Waals surface area contributed by atoms with Gasteiger partial charge in [-0.2, -0.15) is 0 Å². The SMILES string of the molecule is CCCCOc1ccc([C@@H](CC(=O)O)c2ccccc2O)cc1. The zero-order valence-electron chi connectivity index (χ0n) is 13.2. The Hall–Kier alpha value is -2.49. The number of aromatic hydroxyl groups is 1. The molecule has 23 heavy (non-hydrogen) atoms. The van der Waals surface area contributed by atoms with Crippen molar-refractivity contribution >= 4 is 5.97 Å². The van der Waals surface area contributed by atoms with Crippen molar-refractivity contribution in [2.45, 2.75) is 32.1 Å². The van der Waals surface area contributed by atoms with Crippen LogP contribution in [0.25, 0.3) is 0 Å². The van der Waals surface area contributed by atoms with E-state index in [0.29, 0.717) is 12.2 Å². The Bertz CT molecular complexity index is 634. The van der Waals surface area contributed by atoms with Crippen LogP contribution < -0.4 is 4.74 Å². The molecule has 0 fully saturated rings. The van der Waals surface area contributed by atoms with Gasteiger partial charge in [0, 0.05) is 11.5 Å². The molecule has 0 unspecified atom stereocenters. The minimum atomic E-state index is -0.901. The first-order valence-corrected chi connectivity index (χ1v) is 7.84. The lowest BCUT2D eigenvalue weighted by atomic mass is 9.88. The van der Waals surface area contributed by atoms with Crippen LogP contribution in [0.2, 0.25) is 0 Å². The molecule has 2 aromatic rings. The van der Waals surface area contributed by atoms with Crippen molar-refractivity contribution in [3.8, 4) is 11.5 Å². The first-order valence-electron chi connectivity index (χ1n) is 7.84. The first kappa shape index (κ1) is 16.9.